The van der Waals surface area contributed by atoms with Crippen LogP contribution in [-0.4, -0.2) is 46.9 Å². The molecule has 1 aromatic heterocycles. The van der Waals surface area contributed by atoms with Gasteiger partial charge in [0.1, 0.15) is 18.0 Å². The van der Waals surface area contributed by atoms with Gasteiger partial charge in [0.25, 0.3) is 0 Å². The highest BCUT2D eigenvalue weighted by Crippen LogP contribution is 2.34. The number of aromatic nitrogens is 2. The van der Waals surface area contributed by atoms with Crippen LogP contribution in [0.1, 0.15) is 52.9 Å². The summed E-state index contributed by atoms with van der Waals surface area (Å²) in [4.78, 5) is 13.7. The third-order valence-electron chi connectivity index (χ3n) is 5.04. The van der Waals surface area contributed by atoms with Crippen LogP contribution in [0.5, 0.6) is 0 Å². The maximum Gasteiger partial charge on any atom is 0.134 e. The van der Waals surface area contributed by atoms with E-state index in [4.69, 9.17) is 0 Å². The Morgan fingerprint density at radius 3 is 2.17 bits per heavy atom. The molecule has 3 heterocycles. The van der Waals surface area contributed by atoms with Gasteiger partial charge in [-0.3, -0.25) is 0 Å². The van der Waals surface area contributed by atoms with E-state index in [0.717, 1.165) is 37.6 Å². The summed E-state index contributed by atoms with van der Waals surface area (Å²) >= 11 is 0. The fourth-order valence-corrected chi connectivity index (χ4v) is 4.03. The lowest BCUT2D eigenvalue weighted by Gasteiger charge is -2.32. The number of rotatable bonds is 4. The fourth-order valence-electron chi connectivity index (χ4n) is 4.03. The molecule has 2 atom stereocenters. The van der Waals surface area contributed by atoms with Gasteiger partial charge in [0.15, 0.2) is 0 Å². The lowest BCUT2D eigenvalue weighted by molar-refractivity contribution is 0.266. The zero-order valence-corrected chi connectivity index (χ0v) is 14.7. The van der Waals surface area contributed by atoms with Crippen LogP contribution >= 0.6 is 0 Å². The molecule has 5 nitrogen and oxygen atoms in total. The first kappa shape index (κ1) is 16.5. The average Bonchev–Trinajstić information content (AvgIpc) is 3.14. The van der Waals surface area contributed by atoms with Crippen LogP contribution in [0.2, 0.25) is 0 Å². The maximum atomic E-state index is 9.55. The molecule has 0 radical (unpaired) electrons. The van der Waals surface area contributed by atoms with Gasteiger partial charge in [-0.15, -0.1) is 0 Å². The molecule has 0 bridgehead atoms. The molecule has 2 fully saturated rings. The Morgan fingerprint density at radius 2 is 1.61 bits per heavy atom. The zero-order valence-electron chi connectivity index (χ0n) is 14.7. The van der Waals surface area contributed by atoms with Crippen molar-refractivity contribution in [3.05, 3.63) is 12.4 Å². The minimum Gasteiger partial charge on any atom is -0.394 e. The quantitative estimate of drug-likeness (QED) is 0.925. The van der Waals surface area contributed by atoms with Crippen molar-refractivity contribution in [1.29, 1.82) is 0 Å². The number of aliphatic hydroxyl groups is 1. The first-order chi connectivity index (χ1) is 11.0. The molecule has 0 aliphatic carbocycles. The SMILES string of the molecule is CC(C)(C)C[C@H]1CCCN1c1cc(N2CCC[C@H]2CO)ncn1. The van der Waals surface area contributed by atoms with Crippen LogP contribution in [0.25, 0.3) is 0 Å². The molecule has 1 N–H and O–H groups in total. The summed E-state index contributed by atoms with van der Waals surface area (Å²) in [7, 11) is 0. The van der Waals surface area contributed by atoms with Gasteiger partial charge in [-0.2, -0.15) is 0 Å². The minimum absolute atomic E-state index is 0.204. The average molecular weight is 318 g/mol. The predicted molar refractivity (Wildman–Crippen MR) is 93.9 cm³/mol. The lowest BCUT2D eigenvalue weighted by Crippen LogP contribution is -2.35. The molecule has 2 saturated heterocycles. The topological polar surface area (TPSA) is 52.5 Å². The number of aliphatic hydroxyl groups excluding tert-OH is 1. The molecule has 1 aromatic rings. The van der Waals surface area contributed by atoms with E-state index in [1.54, 1.807) is 6.33 Å². The molecule has 5 heteroatoms. The van der Waals surface area contributed by atoms with E-state index in [1.807, 2.05) is 0 Å². The smallest absolute Gasteiger partial charge is 0.134 e. The van der Waals surface area contributed by atoms with Crippen molar-refractivity contribution in [2.24, 2.45) is 5.41 Å². The Morgan fingerprint density at radius 1 is 1.04 bits per heavy atom. The summed E-state index contributed by atoms with van der Waals surface area (Å²) in [5.41, 5.74) is 0.333. The number of hydrogen-bond donors (Lipinski definition) is 1. The van der Waals surface area contributed by atoms with Gasteiger partial charge >= 0.3 is 0 Å². The Labute approximate surface area is 139 Å². The molecule has 0 saturated carbocycles. The first-order valence-corrected chi connectivity index (χ1v) is 8.94. The van der Waals surface area contributed by atoms with Crippen LogP contribution in [-0.2, 0) is 0 Å². The van der Waals surface area contributed by atoms with E-state index in [2.05, 4.69) is 46.6 Å². The molecule has 128 valence electrons. The Bertz CT molecular complexity index is 528. The first-order valence-electron chi connectivity index (χ1n) is 8.94. The van der Waals surface area contributed by atoms with Crippen molar-refractivity contribution in [3.8, 4) is 0 Å². The van der Waals surface area contributed by atoms with Gasteiger partial charge in [-0.1, -0.05) is 20.8 Å². The second kappa shape index (κ2) is 6.63. The second-order valence-corrected chi connectivity index (χ2v) is 8.16. The third kappa shape index (κ3) is 3.77. The summed E-state index contributed by atoms with van der Waals surface area (Å²) in [6.07, 6.45) is 7.54. The normalized spacial score (nSPS) is 25.4. The van der Waals surface area contributed by atoms with Crippen LogP contribution in [0, 0.1) is 5.41 Å². The summed E-state index contributed by atoms with van der Waals surface area (Å²) in [5, 5.41) is 9.55. The number of hydrogen-bond acceptors (Lipinski definition) is 5. The maximum absolute atomic E-state index is 9.55. The van der Waals surface area contributed by atoms with E-state index in [-0.39, 0.29) is 12.6 Å². The highest BCUT2D eigenvalue weighted by molar-refractivity contribution is 5.52. The Balaban J connectivity index is 1.79. The van der Waals surface area contributed by atoms with Crippen molar-refractivity contribution in [2.45, 2.75) is 65.0 Å². The van der Waals surface area contributed by atoms with Crippen LogP contribution in [0.15, 0.2) is 12.4 Å². The molecular formula is C18H30N4O. The molecule has 0 unspecified atom stereocenters. The van der Waals surface area contributed by atoms with Gasteiger partial charge in [0, 0.05) is 25.2 Å². The van der Waals surface area contributed by atoms with E-state index in [9.17, 15) is 5.11 Å². The summed E-state index contributed by atoms with van der Waals surface area (Å²) in [6, 6.07) is 2.90. The van der Waals surface area contributed by atoms with Crippen molar-refractivity contribution in [2.75, 3.05) is 29.5 Å². The Kier molecular flexibility index (Phi) is 4.76. The summed E-state index contributed by atoms with van der Waals surface area (Å²) < 4.78 is 0. The van der Waals surface area contributed by atoms with Gasteiger partial charge in [-0.25, -0.2) is 9.97 Å². The predicted octanol–water partition coefficient (Wildman–Crippen LogP) is 2.84. The monoisotopic (exact) mass is 318 g/mol. The van der Waals surface area contributed by atoms with Crippen LogP contribution in [0.4, 0.5) is 11.6 Å². The molecular weight excluding hydrogens is 288 g/mol. The standard InChI is InChI=1S/C18H30N4O/c1-18(2,3)11-14-6-4-8-21(14)16-10-17(20-13-19-16)22-9-5-7-15(22)12-23/h10,13-15,23H,4-9,11-12H2,1-3H3/t14-,15+/m1/s1. The number of anilines is 2. The Hall–Kier alpha value is -1.36. The van der Waals surface area contributed by atoms with E-state index < -0.39 is 0 Å². The highest BCUT2D eigenvalue weighted by atomic mass is 16.3. The van der Waals surface area contributed by atoms with Gasteiger partial charge in [0.2, 0.25) is 0 Å². The van der Waals surface area contributed by atoms with Crippen molar-refractivity contribution >= 4 is 11.6 Å². The fraction of sp³-hybridized carbons (Fsp3) is 0.778. The molecule has 0 spiro atoms. The molecule has 2 aliphatic rings. The van der Waals surface area contributed by atoms with E-state index in [0.29, 0.717) is 11.5 Å². The summed E-state index contributed by atoms with van der Waals surface area (Å²) in [6.45, 7) is 9.20. The molecule has 0 amide bonds. The molecule has 2 aliphatic heterocycles. The largest absolute Gasteiger partial charge is 0.394 e. The van der Waals surface area contributed by atoms with Gasteiger partial charge in [-0.05, 0) is 37.5 Å². The molecule has 23 heavy (non-hydrogen) atoms. The zero-order chi connectivity index (χ0) is 16.4. The minimum atomic E-state index is 0.204. The highest BCUT2D eigenvalue weighted by Gasteiger charge is 2.31. The van der Waals surface area contributed by atoms with Gasteiger partial charge in [0.05, 0.1) is 12.6 Å². The van der Waals surface area contributed by atoms with Crippen molar-refractivity contribution in [3.63, 3.8) is 0 Å². The third-order valence-corrected chi connectivity index (χ3v) is 5.04. The van der Waals surface area contributed by atoms with E-state index >= 15 is 0 Å². The summed E-state index contributed by atoms with van der Waals surface area (Å²) in [5.74, 6) is 2.01. The van der Waals surface area contributed by atoms with Crippen LogP contribution < -0.4 is 9.80 Å². The van der Waals surface area contributed by atoms with Crippen molar-refractivity contribution < 1.29 is 5.11 Å². The molecule has 0 aromatic carbocycles. The van der Waals surface area contributed by atoms with Crippen LogP contribution in [0.3, 0.4) is 0 Å². The second-order valence-electron chi connectivity index (χ2n) is 8.16. The molecule has 3 rings (SSSR count). The lowest BCUT2D eigenvalue weighted by atomic mass is 9.87. The van der Waals surface area contributed by atoms with Gasteiger partial charge < -0.3 is 14.9 Å². The number of nitrogens with zero attached hydrogens (tertiary/aromatic N) is 4. The van der Waals surface area contributed by atoms with Crippen molar-refractivity contribution in [1.82, 2.24) is 9.97 Å². The van der Waals surface area contributed by atoms with E-state index in [1.165, 1.54) is 19.3 Å².